The molecule has 0 amide bonds. The molecule has 17 heavy (non-hydrogen) atoms. The largest absolute Gasteiger partial charge is 0.496 e. The molecule has 4 heteroatoms. The first-order chi connectivity index (χ1) is 7.77. The van der Waals surface area contributed by atoms with E-state index in [1.165, 1.54) is 13.2 Å². The highest BCUT2D eigenvalue weighted by molar-refractivity contribution is 5.69. The summed E-state index contributed by atoms with van der Waals surface area (Å²) in [4.78, 5) is 10.8. The molecule has 1 aromatic carbocycles. The van der Waals surface area contributed by atoms with Crippen LogP contribution in [0.2, 0.25) is 0 Å². The minimum Gasteiger partial charge on any atom is -0.496 e. The Labute approximate surface area is 100 Å². The summed E-state index contributed by atoms with van der Waals surface area (Å²) in [7, 11) is 1.47. The average Bonchev–Trinajstić information content (AvgIpc) is 2.19. The smallest absolute Gasteiger partial charge is 0.304 e. The van der Waals surface area contributed by atoms with Gasteiger partial charge in [-0.25, -0.2) is 4.39 Å². The van der Waals surface area contributed by atoms with Crippen molar-refractivity contribution in [2.45, 2.75) is 32.6 Å². The lowest BCUT2D eigenvalue weighted by atomic mass is 9.81. The first-order valence-corrected chi connectivity index (χ1v) is 5.34. The summed E-state index contributed by atoms with van der Waals surface area (Å²) < 4.78 is 18.7. The first-order valence-electron chi connectivity index (χ1n) is 5.34. The maximum Gasteiger partial charge on any atom is 0.304 e. The monoisotopic (exact) mass is 240 g/mol. The second-order valence-corrected chi connectivity index (χ2v) is 4.74. The van der Waals surface area contributed by atoms with Gasteiger partial charge in [0.05, 0.1) is 13.5 Å². The second-order valence-electron chi connectivity index (χ2n) is 4.74. The predicted molar refractivity (Wildman–Crippen MR) is 63.0 cm³/mol. The molecule has 0 saturated heterocycles. The van der Waals surface area contributed by atoms with Crippen LogP contribution in [-0.2, 0) is 10.2 Å². The van der Waals surface area contributed by atoms with Crippen molar-refractivity contribution in [3.63, 3.8) is 0 Å². The number of hydrogen-bond donors (Lipinski definition) is 1. The predicted octanol–water partition coefficient (Wildman–Crippen LogP) is 2.90. The van der Waals surface area contributed by atoms with Crippen LogP contribution in [0.1, 0.15) is 31.4 Å². The average molecular weight is 240 g/mol. The lowest BCUT2D eigenvalue weighted by Gasteiger charge is -2.24. The molecular weight excluding hydrogens is 223 g/mol. The Morgan fingerprint density at radius 1 is 1.47 bits per heavy atom. The van der Waals surface area contributed by atoms with Crippen LogP contribution in [0, 0.1) is 12.7 Å². The van der Waals surface area contributed by atoms with Crippen LogP contribution in [0.4, 0.5) is 4.39 Å². The van der Waals surface area contributed by atoms with E-state index in [1.807, 2.05) is 0 Å². The Kier molecular flexibility index (Phi) is 3.76. The van der Waals surface area contributed by atoms with E-state index in [9.17, 15) is 9.18 Å². The molecule has 0 radical (unpaired) electrons. The molecule has 0 aromatic heterocycles. The zero-order valence-corrected chi connectivity index (χ0v) is 10.5. The van der Waals surface area contributed by atoms with Gasteiger partial charge in [-0.1, -0.05) is 13.8 Å². The summed E-state index contributed by atoms with van der Waals surface area (Å²) in [5.74, 6) is -0.841. The third-order valence-corrected chi connectivity index (χ3v) is 2.89. The van der Waals surface area contributed by atoms with Gasteiger partial charge in [0.25, 0.3) is 0 Å². The molecule has 0 aliphatic carbocycles. The standard InChI is InChI=1S/C13H17FO3/c1-8-10(14)5-9(6-11(8)17-4)13(2,3)7-12(15)16/h5-6H,7H2,1-4H3,(H,15,16). The van der Waals surface area contributed by atoms with E-state index < -0.39 is 11.4 Å². The van der Waals surface area contributed by atoms with E-state index in [-0.39, 0.29) is 12.2 Å². The van der Waals surface area contributed by atoms with E-state index in [0.29, 0.717) is 16.9 Å². The Balaban J connectivity index is 3.22. The van der Waals surface area contributed by atoms with Gasteiger partial charge in [-0.05, 0) is 24.6 Å². The minimum atomic E-state index is -0.907. The number of carbonyl (C=O) groups is 1. The molecule has 1 N–H and O–H groups in total. The molecule has 0 aliphatic rings. The Morgan fingerprint density at radius 2 is 2.06 bits per heavy atom. The quantitative estimate of drug-likeness (QED) is 0.880. The van der Waals surface area contributed by atoms with Crippen LogP contribution in [-0.4, -0.2) is 18.2 Å². The van der Waals surface area contributed by atoms with Crippen LogP contribution < -0.4 is 4.74 Å². The van der Waals surface area contributed by atoms with Crippen molar-refractivity contribution < 1.29 is 19.0 Å². The second kappa shape index (κ2) is 4.73. The lowest BCUT2D eigenvalue weighted by molar-refractivity contribution is -0.138. The van der Waals surface area contributed by atoms with Crippen LogP contribution in [0.3, 0.4) is 0 Å². The van der Waals surface area contributed by atoms with Crippen molar-refractivity contribution in [3.8, 4) is 5.75 Å². The molecule has 0 bridgehead atoms. The number of carboxylic acids is 1. The van der Waals surface area contributed by atoms with Crippen LogP contribution >= 0.6 is 0 Å². The molecule has 0 spiro atoms. The molecule has 0 atom stereocenters. The molecule has 1 rings (SSSR count). The molecule has 3 nitrogen and oxygen atoms in total. The summed E-state index contributed by atoms with van der Waals surface area (Å²) in [6, 6.07) is 3.07. The van der Waals surface area contributed by atoms with Crippen molar-refractivity contribution in [2.24, 2.45) is 0 Å². The van der Waals surface area contributed by atoms with Gasteiger partial charge in [0.2, 0.25) is 0 Å². The number of methoxy groups -OCH3 is 1. The normalized spacial score (nSPS) is 11.4. The topological polar surface area (TPSA) is 46.5 Å². The van der Waals surface area contributed by atoms with Crippen molar-refractivity contribution in [1.29, 1.82) is 0 Å². The zero-order chi connectivity index (χ0) is 13.2. The molecule has 0 saturated carbocycles. The van der Waals surface area contributed by atoms with Gasteiger partial charge >= 0.3 is 5.97 Å². The van der Waals surface area contributed by atoms with Gasteiger partial charge in [0, 0.05) is 11.0 Å². The highest BCUT2D eigenvalue weighted by Crippen LogP contribution is 2.32. The Morgan fingerprint density at radius 3 is 2.53 bits per heavy atom. The number of ether oxygens (including phenoxy) is 1. The van der Waals surface area contributed by atoms with Crippen LogP contribution in [0.15, 0.2) is 12.1 Å². The van der Waals surface area contributed by atoms with Gasteiger partial charge in [0.15, 0.2) is 0 Å². The number of rotatable bonds is 4. The first kappa shape index (κ1) is 13.5. The SMILES string of the molecule is COc1cc(C(C)(C)CC(=O)O)cc(F)c1C. The highest BCUT2D eigenvalue weighted by atomic mass is 19.1. The molecule has 0 fully saturated rings. The molecular formula is C13H17FO3. The summed E-state index contributed by atoms with van der Waals surface area (Å²) in [6.07, 6.45) is -0.0569. The number of benzene rings is 1. The Hall–Kier alpha value is -1.58. The van der Waals surface area contributed by atoms with Gasteiger partial charge < -0.3 is 9.84 Å². The number of aliphatic carboxylic acids is 1. The van der Waals surface area contributed by atoms with Crippen molar-refractivity contribution in [2.75, 3.05) is 7.11 Å². The van der Waals surface area contributed by atoms with E-state index in [2.05, 4.69) is 0 Å². The zero-order valence-electron chi connectivity index (χ0n) is 10.5. The van der Waals surface area contributed by atoms with Crippen molar-refractivity contribution in [1.82, 2.24) is 0 Å². The van der Waals surface area contributed by atoms with E-state index in [1.54, 1.807) is 26.8 Å². The lowest BCUT2D eigenvalue weighted by Crippen LogP contribution is -2.22. The molecule has 0 heterocycles. The van der Waals surface area contributed by atoms with Crippen molar-refractivity contribution >= 4 is 5.97 Å². The number of halogens is 1. The third kappa shape index (κ3) is 2.96. The maximum absolute atomic E-state index is 13.7. The summed E-state index contributed by atoms with van der Waals surface area (Å²) >= 11 is 0. The van der Waals surface area contributed by atoms with Crippen LogP contribution in [0.5, 0.6) is 5.75 Å². The van der Waals surface area contributed by atoms with E-state index >= 15 is 0 Å². The molecule has 1 aromatic rings. The molecule has 0 aliphatic heterocycles. The Bertz CT molecular complexity index is 439. The summed E-state index contributed by atoms with van der Waals surface area (Å²) in [5, 5.41) is 8.84. The van der Waals surface area contributed by atoms with Gasteiger partial charge in [-0.15, -0.1) is 0 Å². The van der Waals surface area contributed by atoms with Gasteiger partial charge in [-0.3, -0.25) is 4.79 Å². The molecule has 0 unspecified atom stereocenters. The fourth-order valence-corrected chi connectivity index (χ4v) is 1.74. The van der Waals surface area contributed by atoms with Crippen molar-refractivity contribution in [3.05, 3.63) is 29.1 Å². The van der Waals surface area contributed by atoms with Gasteiger partial charge in [0.1, 0.15) is 11.6 Å². The third-order valence-electron chi connectivity index (χ3n) is 2.89. The van der Waals surface area contributed by atoms with E-state index in [0.717, 1.165) is 0 Å². The highest BCUT2D eigenvalue weighted by Gasteiger charge is 2.26. The number of carboxylic acid groups (broad SMARTS) is 1. The summed E-state index contributed by atoms with van der Waals surface area (Å²) in [6.45, 7) is 5.16. The van der Waals surface area contributed by atoms with Crippen LogP contribution in [0.25, 0.3) is 0 Å². The fraction of sp³-hybridized carbons (Fsp3) is 0.462. The minimum absolute atomic E-state index is 0.0569. The summed E-state index contributed by atoms with van der Waals surface area (Å²) in [5.41, 5.74) is 0.426. The maximum atomic E-state index is 13.7. The fourth-order valence-electron chi connectivity index (χ4n) is 1.74. The van der Waals surface area contributed by atoms with Gasteiger partial charge in [-0.2, -0.15) is 0 Å². The number of hydrogen-bond acceptors (Lipinski definition) is 2. The molecule has 94 valence electrons. The van der Waals surface area contributed by atoms with E-state index in [4.69, 9.17) is 9.84 Å².